The minimum Gasteiger partial charge on any atom is -0.422 e. The average Bonchev–Trinajstić information content (AvgIpc) is 3.32. The molecule has 5 rings (SSSR count). The summed E-state index contributed by atoms with van der Waals surface area (Å²) in [4.78, 5) is 25.5. The summed E-state index contributed by atoms with van der Waals surface area (Å²) in [6, 6.07) is 14.7. The quantitative estimate of drug-likeness (QED) is 0.493. The average molecular weight is 417 g/mol. The molecule has 1 amide bonds. The van der Waals surface area contributed by atoms with Crippen LogP contribution in [-0.4, -0.2) is 15.7 Å². The molecule has 0 unspecified atom stereocenters. The van der Waals surface area contributed by atoms with Gasteiger partial charge in [-0.25, -0.2) is 9.48 Å². The zero-order chi connectivity index (χ0) is 20.8. The Morgan fingerprint density at radius 1 is 1.13 bits per heavy atom. The molecule has 150 valence electrons. The molecular weight excluding hydrogens is 398 g/mol. The van der Waals surface area contributed by atoms with Crippen molar-refractivity contribution >= 4 is 34.5 Å². The Kier molecular flexibility index (Phi) is 4.47. The first kappa shape index (κ1) is 18.7. The van der Waals surface area contributed by atoms with E-state index in [1.165, 1.54) is 0 Å². The molecule has 7 heteroatoms. The Bertz CT molecular complexity index is 1370. The van der Waals surface area contributed by atoms with E-state index in [0.29, 0.717) is 16.8 Å². The van der Waals surface area contributed by atoms with Crippen LogP contribution in [0.25, 0.3) is 16.7 Å². The fourth-order valence-electron chi connectivity index (χ4n) is 3.68. The summed E-state index contributed by atoms with van der Waals surface area (Å²) in [6.07, 6.45) is 0. The van der Waals surface area contributed by atoms with Gasteiger partial charge >= 0.3 is 5.63 Å². The van der Waals surface area contributed by atoms with Gasteiger partial charge in [-0.1, -0.05) is 30.3 Å². The highest BCUT2D eigenvalue weighted by Crippen LogP contribution is 2.37. The third-order valence-electron chi connectivity index (χ3n) is 5.47. The van der Waals surface area contributed by atoms with E-state index in [4.69, 9.17) is 9.52 Å². The number of amides is 1. The van der Waals surface area contributed by atoms with Crippen LogP contribution in [0.3, 0.4) is 0 Å². The van der Waals surface area contributed by atoms with E-state index in [-0.39, 0.29) is 5.56 Å². The maximum atomic E-state index is 13.1. The van der Waals surface area contributed by atoms with Crippen LogP contribution in [0.4, 0.5) is 5.82 Å². The second-order valence-corrected chi connectivity index (χ2v) is 8.32. The smallest absolute Gasteiger partial charge is 0.349 e. The van der Waals surface area contributed by atoms with Crippen molar-refractivity contribution in [2.24, 2.45) is 0 Å². The lowest BCUT2D eigenvalue weighted by molar-refractivity contribution is 0.102. The molecule has 0 radical (unpaired) electrons. The summed E-state index contributed by atoms with van der Waals surface area (Å²) < 4.78 is 7.12. The molecule has 0 aliphatic carbocycles. The summed E-state index contributed by atoms with van der Waals surface area (Å²) >= 11 is 1.76. The van der Waals surface area contributed by atoms with Gasteiger partial charge in [0.1, 0.15) is 17.0 Å². The molecular formula is C23H19N3O3S. The van der Waals surface area contributed by atoms with Crippen molar-refractivity contribution in [1.29, 1.82) is 0 Å². The largest absolute Gasteiger partial charge is 0.422 e. The number of anilines is 1. The van der Waals surface area contributed by atoms with Crippen LogP contribution in [0.15, 0.2) is 57.7 Å². The van der Waals surface area contributed by atoms with Crippen LogP contribution in [0.2, 0.25) is 0 Å². The zero-order valence-electron chi connectivity index (χ0n) is 16.6. The normalized spacial score (nSPS) is 12.9. The number of carbonyl (C=O) groups is 1. The molecule has 2 aromatic carbocycles. The van der Waals surface area contributed by atoms with Crippen molar-refractivity contribution in [3.63, 3.8) is 0 Å². The third kappa shape index (κ3) is 3.02. The zero-order valence-corrected chi connectivity index (χ0v) is 17.4. The number of benzene rings is 2. The molecule has 0 bridgehead atoms. The fraction of sp³-hybridized carbons (Fsp3) is 0.174. The van der Waals surface area contributed by atoms with Gasteiger partial charge in [0.05, 0.1) is 11.4 Å². The minimum atomic E-state index is -0.657. The lowest BCUT2D eigenvalue weighted by atomic mass is 10.1. The van der Waals surface area contributed by atoms with Crippen molar-refractivity contribution in [1.82, 2.24) is 9.78 Å². The maximum absolute atomic E-state index is 13.1. The number of fused-ring (bicyclic) bond motifs is 2. The van der Waals surface area contributed by atoms with Crippen LogP contribution in [-0.2, 0) is 11.5 Å². The van der Waals surface area contributed by atoms with Crippen LogP contribution >= 0.6 is 11.8 Å². The predicted molar refractivity (Wildman–Crippen MR) is 118 cm³/mol. The van der Waals surface area contributed by atoms with Crippen molar-refractivity contribution in [3.8, 4) is 5.69 Å². The lowest BCUT2D eigenvalue weighted by Crippen LogP contribution is -2.22. The number of hydrogen-bond acceptors (Lipinski definition) is 5. The second-order valence-electron chi connectivity index (χ2n) is 7.34. The number of carbonyl (C=O) groups excluding carboxylic acids is 1. The summed E-state index contributed by atoms with van der Waals surface area (Å²) in [5.74, 6) is 1.68. The maximum Gasteiger partial charge on any atom is 0.349 e. The van der Waals surface area contributed by atoms with Gasteiger partial charge in [0.15, 0.2) is 0 Å². The van der Waals surface area contributed by atoms with E-state index in [0.717, 1.165) is 39.6 Å². The molecule has 3 heterocycles. The molecule has 30 heavy (non-hydrogen) atoms. The van der Waals surface area contributed by atoms with Crippen molar-refractivity contribution in [2.45, 2.75) is 25.4 Å². The van der Waals surface area contributed by atoms with Crippen molar-refractivity contribution < 1.29 is 9.21 Å². The molecule has 0 saturated heterocycles. The molecule has 1 aliphatic heterocycles. The van der Waals surface area contributed by atoms with E-state index in [2.05, 4.69) is 5.32 Å². The SMILES string of the molecule is Cc1cccc(-n2nc3c(c2NC(=O)c2cc4ccccc4oc2=O)CSC3)c1C. The number of rotatable bonds is 3. The summed E-state index contributed by atoms with van der Waals surface area (Å²) in [5.41, 5.74) is 4.88. The second kappa shape index (κ2) is 7.18. The van der Waals surface area contributed by atoms with Crippen LogP contribution in [0.1, 0.15) is 32.7 Å². The van der Waals surface area contributed by atoms with Crippen LogP contribution in [0.5, 0.6) is 0 Å². The molecule has 1 N–H and O–H groups in total. The highest BCUT2D eigenvalue weighted by atomic mass is 32.2. The Balaban J connectivity index is 1.60. The third-order valence-corrected chi connectivity index (χ3v) is 6.44. The Morgan fingerprint density at radius 3 is 2.83 bits per heavy atom. The van der Waals surface area contributed by atoms with Gasteiger partial charge in [-0.3, -0.25) is 4.79 Å². The Morgan fingerprint density at radius 2 is 1.97 bits per heavy atom. The molecule has 0 atom stereocenters. The summed E-state index contributed by atoms with van der Waals surface area (Å²) in [5, 5.41) is 8.41. The van der Waals surface area contributed by atoms with Gasteiger partial charge in [0.2, 0.25) is 0 Å². The van der Waals surface area contributed by atoms with Gasteiger partial charge < -0.3 is 9.73 Å². The molecule has 4 aromatic rings. The standard InChI is InChI=1S/C23H19N3O3S/c1-13-6-5-8-19(14(13)2)26-21(17-11-30-12-18(17)25-26)24-22(27)16-10-15-7-3-4-9-20(15)29-23(16)28/h3-10H,11-12H2,1-2H3,(H,24,27). The highest BCUT2D eigenvalue weighted by molar-refractivity contribution is 7.98. The van der Waals surface area contributed by atoms with Crippen LogP contribution in [0, 0.1) is 13.8 Å². The number of nitrogens with zero attached hydrogens (tertiary/aromatic N) is 2. The molecule has 0 fully saturated rings. The minimum absolute atomic E-state index is 0.0261. The summed E-state index contributed by atoms with van der Waals surface area (Å²) in [6.45, 7) is 4.08. The van der Waals surface area contributed by atoms with E-state index < -0.39 is 11.5 Å². The first-order chi connectivity index (χ1) is 14.5. The highest BCUT2D eigenvalue weighted by Gasteiger charge is 2.26. The molecule has 6 nitrogen and oxygen atoms in total. The summed E-state index contributed by atoms with van der Waals surface area (Å²) in [7, 11) is 0. The van der Waals surface area contributed by atoms with Gasteiger partial charge in [0.25, 0.3) is 5.91 Å². The van der Waals surface area contributed by atoms with Gasteiger partial charge in [-0.2, -0.15) is 16.9 Å². The van der Waals surface area contributed by atoms with E-state index >= 15 is 0 Å². The molecule has 0 saturated carbocycles. The van der Waals surface area contributed by atoms with E-state index in [1.54, 1.807) is 34.6 Å². The number of para-hydroxylation sites is 1. The molecule has 1 aliphatic rings. The van der Waals surface area contributed by atoms with Crippen LogP contribution < -0.4 is 10.9 Å². The Labute approximate surface area is 176 Å². The molecule has 2 aromatic heterocycles. The number of aryl methyl sites for hydroxylation is 1. The number of aromatic nitrogens is 2. The monoisotopic (exact) mass is 417 g/mol. The number of hydrogen-bond donors (Lipinski definition) is 1. The van der Waals surface area contributed by atoms with Crippen molar-refractivity contribution in [2.75, 3.05) is 5.32 Å². The van der Waals surface area contributed by atoms with Crippen molar-refractivity contribution in [3.05, 3.63) is 86.9 Å². The van der Waals surface area contributed by atoms with Gasteiger partial charge in [-0.15, -0.1) is 0 Å². The molecule has 0 spiro atoms. The van der Waals surface area contributed by atoms with E-state index in [9.17, 15) is 9.59 Å². The number of nitrogens with one attached hydrogen (secondary N) is 1. The Hall–Kier alpha value is -3.32. The first-order valence-electron chi connectivity index (χ1n) is 9.62. The fourth-order valence-corrected chi connectivity index (χ4v) is 4.71. The van der Waals surface area contributed by atoms with E-state index in [1.807, 2.05) is 44.2 Å². The topological polar surface area (TPSA) is 77.1 Å². The number of thioether (sulfide) groups is 1. The van der Waals surface area contributed by atoms with Gasteiger partial charge in [0, 0.05) is 22.5 Å². The van der Waals surface area contributed by atoms with Gasteiger partial charge in [-0.05, 0) is 43.2 Å². The first-order valence-corrected chi connectivity index (χ1v) is 10.8. The predicted octanol–water partition coefficient (Wildman–Crippen LogP) is 4.59. The lowest BCUT2D eigenvalue weighted by Gasteiger charge is -2.14.